The van der Waals surface area contributed by atoms with E-state index in [0.717, 1.165) is 10.6 Å². The first-order valence-electron chi connectivity index (χ1n) is 15.8. The van der Waals surface area contributed by atoms with Crippen molar-refractivity contribution in [3.8, 4) is 11.5 Å². The average Bonchev–Trinajstić information content (AvgIpc) is 3.42. The van der Waals surface area contributed by atoms with Crippen molar-refractivity contribution in [2.24, 2.45) is 28.0 Å². The molecule has 0 spiro atoms. The molecule has 6 atom stereocenters. The lowest BCUT2D eigenvalue weighted by molar-refractivity contribution is -0.138. The number of fused-ring (bicyclic) bond motifs is 4. The molecule has 3 fully saturated rings. The number of hydrogen-bond acceptors (Lipinski definition) is 9. The minimum absolute atomic E-state index is 0.118. The summed E-state index contributed by atoms with van der Waals surface area (Å²) in [6, 6.07) is 18.8. The molecule has 2 heterocycles. The summed E-state index contributed by atoms with van der Waals surface area (Å²) in [4.78, 5) is 55.9. The molecule has 0 unspecified atom stereocenters. The summed E-state index contributed by atoms with van der Waals surface area (Å²) in [5.74, 6) is -5.27. The minimum atomic E-state index is -1.93. The van der Waals surface area contributed by atoms with Crippen molar-refractivity contribution in [1.29, 1.82) is 0 Å². The largest absolute Gasteiger partial charge is 0.504 e. The standard InChI is InChI=1S/C36H33Cl2N5O6/c1-41(2)22-10-6-20(7-11-22)39-40-21-8-12-23(13-9-21)43-31(45)25-15-14-24-26(29(25)32(43)46)18-35(37)33(47)42(3)34(48)36(35,38)30(24)19-5-16-27(44)28(17-19)49-4/h5-14,16-17,25-26,29-30,44H,15,18H2,1-4H3/t25-,26+,29-,30-,35+,36-/m0/s1. The first-order chi connectivity index (χ1) is 23.3. The Morgan fingerprint density at radius 2 is 1.51 bits per heavy atom. The fourth-order valence-electron chi connectivity index (χ4n) is 7.85. The molecule has 11 nitrogen and oxygen atoms in total. The molecule has 7 rings (SSSR count). The molecule has 0 bridgehead atoms. The predicted molar refractivity (Wildman–Crippen MR) is 184 cm³/mol. The van der Waals surface area contributed by atoms with Crippen LogP contribution in [-0.2, 0) is 19.2 Å². The summed E-state index contributed by atoms with van der Waals surface area (Å²) in [6.07, 6.45) is 1.96. The summed E-state index contributed by atoms with van der Waals surface area (Å²) in [7, 11) is 6.64. The predicted octanol–water partition coefficient (Wildman–Crippen LogP) is 6.08. The van der Waals surface area contributed by atoms with Crippen LogP contribution in [0.25, 0.3) is 0 Å². The van der Waals surface area contributed by atoms with E-state index in [2.05, 4.69) is 10.2 Å². The number of rotatable bonds is 6. The molecule has 1 saturated carbocycles. The van der Waals surface area contributed by atoms with Gasteiger partial charge < -0.3 is 14.7 Å². The summed E-state index contributed by atoms with van der Waals surface area (Å²) in [5.41, 5.74) is 3.76. The number of allylic oxidation sites excluding steroid dienone is 2. The molecule has 13 heteroatoms. The van der Waals surface area contributed by atoms with Crippen LogP contribution in [0.5, 0.6) is 11.5 Å². The molecular formula is C36H33Cl2N5O6. The van der Waals surface area contributed by atoms with Crippen LogP contribution in [0.2, 0.25) is 0 Å². The minimum Gasteiger partial charge on any atom is -0.504 e. The Bertz CT molecular complexity index is 1960. The molecule has 0 aromatic heterocycles. The Morgan fingerprint density at radius 3 is 2.12 bits per heavy atom. The molecule has 252 valence electrons. The van der Waals surface area contributed by atoms with Crippen molar-refractivity contribution in [1.82, 2.24) is 4.90 Å². The van der Waals surface area contributed by atoms with Gasteiger partial charge in [-0.1, -0.05) is 17.7 Å². The number of benzene rings is 3. The fourth-order valence-corrected chi connectivity index (χ4v) is 8.87. The molecule has 2 aliphatic carbocycles. The van der Waals surface area contributed by atoms with Crippen LogP contribution in [-0.4, -0.2) is 71.6 Å². The van der Waals surface area contributed by atoms with Crippen molar-refractivity contribution in [3.63, 3.8) is 0 Å². The second kappa shape index (κ2) is 11.7. The average molecular weight is 703 g/mol. The lowest BCUT2D eigenvalue weighted by Crippen LogP contribution is -2.60. The number of hydrogen-bond donors (Lipinski definition) is 1. The number of azo groups is 1. The van der Waals surface area contributed by atoms with E-state index in [4.69, 9.17) is 27.9 Å². The number of likely N-dealkylation sites (tertiary alicyclic amines) is 1. The van der Waals surface area contributed by atoms with E-state index in [1.807, 2.05) is 49.3 Å². The summed E-state index contributed by atoms with van der Waals surface area (Å²) in [5, 5.41) is 18.9. The third kappa shape index (κ3) is 4.77. The number of phenols is 1. The number of imide groups is 2. The van der Waals surface area contributed by atoms with Crippen molar-refractivity contribution < 1.29 is 29.0 Å². The molecule has 2 saturated heterocycles. The molecule has 3 aromatic carbocycles. The topological polar surface area (TPSA) is 132 Å². The van der Waals surface area contributed by atoms with E-state index in [9.17, 15) is 24.3 Å². The quantitative estimate of drug-likeness (QED) is 0.143. The Kier molecular flexibility index (Phi) is 7.83. The Morgan fingerprint density at radius 1 is 0.878 bits per heavy atom. The number of carbonyl (C=O) groups is 4. The Balaban J connectivity index is 1.22. The van der Waals surface area contributed by atoms with Crippen LogP contribution in [0.3, 0.4) is 0 Å². The zero-order valence-electron chi connectivity index (χ0n) is 27.1. The van der Waals surface area contributed by atoms with Gasteiger partial charge in [0.1, 0.15) is 0 Å². The van der Waals surface area contributed by atoms with Gasteiger partial charge in [-0.05, 0) is 85.0 Å². The molecule has 3 aromatic rings. The van der Waals surface area contributed by atoms with Gasteiger partial charge in [0.2, 0.25) is 11.8 Å². The Hall–Kier alpha value is -4.74. The first-order valence-corrected chi connectivity index (χ1v) is 16.5. The second-order valence-electron chi connectivity index (χ2n) is 13.1. The van der Waals surface area contributed by atoms with E-state index in [1.54, 1.807) is 36.4 Å². The number of aromatic hydroxyl groups is 1. The van der Waals surface area contributed by atoms with E-state index < -0.39 is 51.1 Å². The maximum atomic E-state index is 14.3. The smallest absolute Gasteiger partial charge is 0.253 e. The molecule has 4 amide bonds. The molecule has 1 N–H and O–H groups in total. The third-order valence-electron chi connectivity index (χ3n) is 10.3. The SMILES string of the molecule is COc1cc([C@H]2C3=CC[C@@H]4C(=O)N(c5ccc(N=Nc6ccc(N(C)C)cc6)cc5)C(=O)[C@@H]4[C@@H]3C[C@@]3(Cl)C(=O)N(C)C(=O)[C@@]23Cl)ccc1O. The van der Waals surface area contributed by atoms with E-state index >= 15 is 0 Å². The number of phenolic OH excluding ortho intramolecular Hbond substituents is 1. The van der Waals surface area contributed by atoms with Crippen LogP contribution in [0, 0.1) is 17.8 Å². The number of carbonyl (C=O) groups excluding carboxylic acids is 4. The molecular weight excluding hydrogens is 669 g/mol. The zero-order chi connectivity index (χ0) is 35.0. The summed E-state index contributed by atoms with van der Waals surface area (Å²) in [6.45, 7) is 0. The maximum absolute atomic E-state index is 14.3. The number of ether oxygens (including phenoxy) is 1. The number of halogens is 2. The van der Waals surface area contributed by atoms with Gasteiger partial charge in [0.25, 0.3) is 11.8 Å². The van der Waals surface area contributed by atoms with Gasteiger partial charge in [-0.3, -0.25) is 29.0 Å². The second-order valence-corrected chi connectivity index (χ2v) is 14.3. The molecule has 49 heavy (non-hydrogen) atoms. The van der Waals surface area contributed by atoms with E-state index in [-0.39, 0.29) is 30.2 Å². The van der Waals surface area contributed by atoms with E-state index in [0.29, 0.717) is 28.2 Å². The van der Waals surface area contributed by atoms with Crippen molar-refractivity contribution in [2.75, 3.05) is 38.1 Å². The highest BCUT2D eigenvalue weighted by atomic mass is 35.5. The zero-order valence-corrected chi connectivity index (χ0v) is 28.6. The highest BCUT2D eigenvalue weighted by Gasteiger charge is 2.75. The normalized spacial score (nSPS) is 29.2. The Labute approximate surface area is 292 Å². The lowest BCUT2D eigenvalue weighted by atomic mass is 9.56. The number of alkyl halides is 2. The van der Waals surface area contributed by atoms with Crippen LogP contribution < -0.4 is 14.5 Å². The highest BCUT2D eigenvalue weighted by Crippen LogP contribution is 2.65. The van der Waals surface area contributed by atoms with Crippen LogP contribution in [0.1, 0.15) is 24.3 Å². The van der Waals surface area contributed by atoms with E-state index in [1.165, 1.54) is 25.1 Å². The fraction of sp³-hybridized carbons (Fsp3) is 0.333. The molecule has 2 aliphatic heterocycles. The van der Waals surface area contributed by atoms with Gasteiger partial charge >= 0.3 is 0 Å². The van der Waals surface area contributed by atoms with Crippen LogP contribution in [0.15, 0.2) is 88.6 Å². The summed E-state index contributed by atoms with van der Waals surface area (Å²) >= 11 is 14.5. The molecule has 4 aliphatic rings. The lowest BCUT2D eigenvalue weighted by Gasteiger charge is -2.50. The van der Waals surface area contributed by atoms with Gasteiger partial charge in [-0.2, -0.15) is 10.2 Å². The van der Waals surface area contributed by atoms with Crippen molar-refractivity contribution in [2.45, 2.75) is 28.5 Å². The van der Waals surface area contributed by atoms with Crippen molar-refractivity contribution in [3.05, 3.63) is 83.9 Å². The number of nitrogens with zero attached hydrogens (tertiary/aromatic N) is 5. The number of amides is 4. The third-order valence-corrected chi connectivity index (χ3v) is 11.7. The number of anilines is 2. The number of methoxy groups -OCH3 is 1. The maximum Gasteiger partial charge on any atom is 0.253 e. The van der Waals surface area contributed by atoms with Crippen LogP contribution >= 0.6 is 23.2 Å². The van der Waals surface area contributed by atoms with Gasteiger partial charge in [-0.25, -0.2) is 0 Å². The van der Waals surface area contributed by atoms with Gasteiger partial charge in [0.05, 0.1) is 36.0 Å². The van der Waals surface area contributed by atoms with Crippen molar-refractivity contribution >= 4 is 69.6 Å². The van der Waals surface area contributed by atoms with Crippen LogP contribution in [0.4, 0.5) is 22.7 Å². The molecule has 0 radical (unpaired) electrons. The monoisotopic (exact) mass is 701 g/mol. The van der Waals surface area contributed by atoms with Gasteiger partial charge in [0.15, 0.2) is 21.2 Å². The van der Waals surface area contributed by atoms with Gasteiger partial charge in [-0.15, -0.1) is 23.2 Å². The van der Waals surface area contributed by atoms with Gasteiger partial charge in [0, 0.05) is 32.7 Å². The first kappa shape index (κ1) is 32.8. The summed E-state index contributed by atoms with van der Waals surface area (Å²) < 4.78 is 5.35. The highest BCUT2D eigenvalue weighted by molar-refractivity contribution is 6.53.